The summed E-state index contributed by atoms with van der Waals surface area (Å²) in [6, 6.07) is 6.82. The van der Waals surface area contributed by atoms with Crippen molar-refractivity contribution in [2.24, 2.45) is 4.99 Å². The van der Waals surface area contributed by atoms with E-state index in [1.54, 1.807) is 19.2 Å². The van der Waals surface area contributed by atoms with Crippen molar-refractivity contribution in [3.8, 4) is 0 Å². The normalized spacial score (nSPS) is 17.9. The van der Waals surface area contributed by atoms with Crippen molar-refractivity contribution in [2.45, 2.75) is 23.8 Å². The van der Waals surface area contributed by atoms with Crippen LogP contribution in [0.15, 0.2) is 34.2 Å². The molecule has 1 aromatic carbocycles. The molecule has 1 aliphatic heterocycles. The van der Waals surface area contributed by atoms with Gasteiger partial charge in [-0.15, -0.1) is 11.8 Å². The largest absolute Gasteiger partial charge is 0.379 e. The van der Waals surface area contributed by atoms with Crippen LogP contribution in [0.3, 0.4) is 0 Å². The first-order chi connectivity index (χ1) is 11.8. The van der Waals surface area contributed by atoms with Crippen molar-refractivity contribution in [3.63, 3.8) is 0 Å². The van der Waals surface area contributed by atoms with Crippen LogP contribution in [0.1, 0.15) is 12.8 Å². The van der Waals surface area contributed by atoms with E-state index in [2.05, 4.69) is 15.6 Å². The van der Waals surface area contributed by atoms with Gasteiger partial charge >= 0.3 is 0 Å². The fourth-order valence-electron chi connectivity index (χ4n) is 2.29. The molecule has 7 heteroatoms. The summed E-state index contributed by atoms with van der Waals surface area (Å²) < 4.78 is 24.5. The number of guanidine groups is 1. The molecule has 1 unspecified atom stereocenters. The summed E-state index contributed by atoms with van der Waals surface area (Å²) in [4.78, 5) is 4.85. The molecule has 0 aromatic heterocycles. The minimum atomic E-state index is -0.169. The summed E-state index contributed by atoms with van der Waals surface area (Å²) in [5.41, 5.74) is 0. The Morgan fingerprint density at radius 3 is 2.96 bits per heavy atom. The van der Waals surface area contributed by atoms with Crippen LogP contribution in [-0.2, 0) is 9.47 Å². The Hall–Kier alpha value is -1.31. The quantitative estimate of drug-likeness (QED) is 0.308. The Labute approximate surface area is 147 Å². The van der Waals surface area contributed by atoms with Gasteiger partial charge in [-0.1, -0.05) is 12.1 Å². The molecule has 1 aliphatic rings. The first kappa shape index (κ1) is 19.0. The van der Waals surface area contributed by atoms with Crippen LogP contribution in [0.25, 0.3) is 0 Å². The van der Waals surface area contributed by atoms with Crippen LogP contribution in [-0.4, -0.2) is 57.8 Å². The second-order valence-corrected chi connectivity index (χ2v) is 6.55. The number of thioether (sulfide) groups is 1. The van der Waals surface area contributed by atoms with Crippen molar-refractivity contribution in [2.75, 3.05) is 45.7 Å². The number of hydrogen-bond acceptors (Lipinski definition) is 4. The maximum absolute atomic E-state index is 13.5. The molecule has 1 aromatic rings. The van der Waals surface area contributed by atoms with E-state index in [1.165, 1.54) is 17.8 Å². The van der Waals surface area contributed by atoms with Crippen molar-refractivity contribution >= 4 is 17.7 Å². The molecule has 5 nitrogen and oxygen atoms in total. The van der Waals surface area contributed by atoms with Gasteiger partial charge in [0, 0.05) is 44.0 Å². The van der Waals surface area contributed by atoms with Crippen molar-refractivity contribution in [1.82, 2.24) is 10.6 Å². The molecule has 0 saturated carbocycles. The van der Waals surface area contributed by atoms with Crippen LogP contribution in [0.5, 0.6) is 0 Å². The monoisotopic (exact) mass is 355 g/mol. The van der Waals surface area contributed by atoms with Crippen LogP contribution in [0.2, 0.25) is 0 Å². The lowest BCUT2D eigenvalue weighted by atomic mass is 10.3. The van der Waals surface area contributed by atoms with Gasteiger partial charge in [-0.3, -0.25) is 4.99 Å². The molecule has 1 fully saturated rings. The van der Waals surface area contributed by atoms with E-state index in [0.717, 1.165) is 50.9 Å². The van der Waals surface area contributed by atoms with Gasteiger partial charge in [0.15, 0.2) is 5.96 Å². The molecule has 1 heterocycles. The van der Waals surface area contributed by atoms with Crippen molar-refractivity contribution in [3.05, 3.63) is 30.1 Å². The van der Waals surface area contributed by atoms with E-state index in [9.17, 15) is 4.39 Å². The lowest BCUT2D eigenvalue weighted by Crippen LogP contribution is -2.39. The fourth-order valence-corrected chi connectivity index (χ4v) is 3.09. The number of ether oxygens (including phenoxy) is 2. The fraction of sp³-hybridized carbons (Fsp3) is 0.588. The average molecular weight is 355 g/mol. The summed E-state index contributed by atoms with van der Waals surface area (Å²) in [6.07, 6.45) is 2.18. The van der Waals surface area contributed by atoms with Gasteiger partial charge in [-0.25, -0.2) is 4.39 Å². The van der Waals surface area contributed by atoms with E-state index in [-0.39, 0.29) is 11.9 Å². The third-order valence-corrected chi connectivity index (χ3v) is 4.62. The van der Waals surface area contributed by atoms with Gasteiger partial charge in [0.1, 0.15) is 5.82 Å². The number of rotatable bonds is 9. The number of aliphatic imine (C=N–C) groups is 1. The predicted molar refractivity (Wildman–Crippen MR) is 96.3 cm³/mol. The van der Waals surface area contributed by atoms with Gasteiger partial charge in [0.2, 0.25) is 0 Å². The number of nitrogens with one attached hydrogen (secondary N) is 2. The molecule has 24 heavy (non-hydrogen) atoms. The van der Waals surface area contributed by atoms with Crippen LogP contribution >= 0.6 is 11.8 Å². The average Bonchev–Trinajstić information content (AvgIpc) is 3.11. The van der Waals surface area contributed by atoms with Gasteiger partial charge in [-0.2, -0.15) is 0 Å². The topological polar surface area (TPSA) is 54.9 Å². The number of halogens is 1. The van der Waals surface area contributed by atoms with E-state index in [1.807, 2.05) is 6.07 Å². The molecule has 0 radical (unpaired) electrons. The first-order valence-electron chi connectivity index (χ1n) is 8.31. The Bertz CT molecular complexity index is 510. The van der Waals surface area contributed by atoms with E-state index < -0.39 is 0 Å². The molecule has 0 aliphatic carbocycles. The Morgan fingerprint density at radius 2 is 2.21 bits per heavy atom. The van der Waals surface area contributed by atoms with E-state index in [0.29, 0.717) is 11.4 Å². The number of nitrogens with zero attached hydrogens (tertiary/aromatic N) is 1. The minimum absolute atomic E-state index is 0.169. The van der Waals surface area contributed by atoms with Crippen LogP contribution in [0, 0.1) is 5.82 Å². The summed E-state index contributed by atoms with van der Waals surface area (Å²) >= 11 is 1.49. The zero-order valence-electron chi connectivity index (χ0n) is 14.1. The zero-order chi connectivity index (χ0) is 17.0. The summed E-state index contributed by atoms with van der Waals surface area (Å²) in [6.45, 7) is 3.77. The summed E-state index contributed by atoms with van der Waals surface area (Å²) in [5.74, 6) is 1.36. The maximum atomic E-state index is 13.5. The Kier molecular flexibility index (Phi) is 8.94. The molecular weight excluding hydrogens is 329 g/mol. The lowest BCUT2D eigenvalue weighted by molar-refractivity contribution is 0.0420. The maximum Gasteiger partial charge on any atom is 0.191 e. The van der Waals surface area contributed by atoms with Crippen molar-refractivity contribution < 1.29 is 13.9 Å². The predicted octanol–water partition coefficient (Wildman–Crippen LogP) is 2.28. The molecule has 2 rings (SSSR count). The molecule has 2 N–H and O–H groups in total. The molecule has 134 valence electrons. The second-order valence-electron chi connectivity index (χ2n) is 5.41. The summed E-state index contributed by atoms with van der Waals surface area (Å²) in [7, 11) is 1.74. The highest BCUT2D eigenvalue weighted by Crippen LogP contribution is 2.20. The van der Waals surface area contributed by atoms with Gasteiger partial charge < -0.3 is 20.1 Å². The zero-order valence-corrected chi connectivity index (χ0v) is 14.9. The molecule has 0 amide bonds. The highest BCUT2D eigenvalue weighted by atomic mass is 32.2. The van der Waals surface area contributed by atoms with E-state index in [4.69, 9.17) is 9.47 Å². The molecule has 0 bridgehead atoms. The Morgan fingerprint density at radius 1 is 1.38 bits per heavy atom. The second kappa shape index (κ2) is 11.3. The molecule has 1 atom stereocenters. The van der Waals surface area contributed by atoms with Gasteiger partial charge in [-0.05, 0) is 25.0 Å². The smallest absolute Gasteiger partial charge is 0.191 e. The SMILES string of the molecule is CN=C(NCCCOC1CCOC1)NCCSc1ccccc1F. The highest BCUT2D eigenvalue weighted by Gasteiger charge is 2.15. The highest BCUT2D eigenvalue weighted by molar-refractivity contribution is 7.99. The van der Waals surface area contributed by atoms with Gasteiger partial charge in [0.25, 0.3) is 0 Å². The minimum Gasteiger partial charge on any atom is -0.379 e. The third kappa shape index (κ3) is 7.07. The van der Waals surface area contributed by atoms with Crippen molar-refractivity contribution in [1.29, 1.82) is 0 Å². The molecule has 1 saturated heterocycles. The van der Waals surface area contributed by atoms with Crippen LogP contribution < -0.4 is 10.6 Å². The Balaban J connectivity index is 1.51. The first-order valence-corrected chi connectivity index (χ1v) is 9.29. The van der Waals surface area contributed by atoms with Gasteiger partial charge in [0.05, 0.1) is 12.7 Å². The molecule has 0 spiro atoms. The number of benzene rings is 1. The van der Waals surface area contributed by atoms with Crippen LogP contribution in [0.4, 0.5) is 4.39 Å². The number of hydrogen-bond donors (Lipinski definition) is 2. The summed E-state index contributed by atoms with van der Waals surface area (Å²) in [5, 5.41) is 6.48. The molecular formula is C17H26FN3O2S. The lowest BCUT2D eigenvalue weighted by Gasteiger charge is -2.13. The standard InChI is InChI=1S/C17H26FN3O2S/c1-19-17(20-8-4-10-23-14-7-11-22-13-14)21-9-12-24-16-6-3-2-5-15(16)18/h2-3,5-6,14H,4,7-13H2,1H3,(H2,19,20,21). The third-order valence-electron chi connectivity index (χ3n) is 3.57. The van der Waals surface area contributed by atoms with E-state index >= 15 is 0 Å².